The Morgan fingerprint density at radius 3 is 2.79 bits per heavy atom. The van der Waals surface area contributed by atoms with E-state index in [1.165, 1.54) is 5.56 Å². The zero-order valence-electron chi connectivity index (χ0n) is 15.9. The first-order valence-electron chi connectivity index (χ1n) is 9.31. The molecule has 0 spiro atoms. The van der Waals surface area contributed by atoms with Crippen molar-refractivity contribution in [3.05, 3.63) is 35.4 Å². The third kappa shape index (κ3) is 7.22. The van der Waals surface area contributed by atoms with E-state index < -0.39 is 6.10 Å². The van der Waals surface area contributed by atoms with Gasteiger partial charge in [0.25, 0.3) is 5.91 Å². The highest BCUT2D eigenvalue weighted by molar-refractivity contribution is 5.85. The lowest BCUT2D eigenvalue weighted by Crippen LogP contribution is -2.47. The maximum atomic E-state index is 12.1. The lowest BCUT2D eigenvalue weighted by atomic mass is 9.97. The van der Waals surface area contributed by atoms with E-state index in [9.17, 15) is 9.59 Å². The molecule has 2 heterocycles. The Morgan fingerprint density at radius 2 is 2.07 bits per heavy atom. The lowest BCUT2D eigenvalue weighted by Gasteiger charge is -2.31. The minimum atomic E-state index is -0.411. The molecule has 0 aliphatic carbocycles. The Hall–Kier alpha value is -1.38. The predicted molar refractivity (Wildman–Crippen MR) is 113 cm³/mol. The van der Waals surface area contributed by atoms with Crippen molar-refractivity contribution in [1.82, 2.24) is 15.5 Å². The summed E-state index contributed by atoms with van der Waals surface area (Å²) in [5.74, 6) is -0.330. The molecule has 2 amide bonds. The van der Waals surface area contributed by atoms with E-state index in [4.69, 9.17) is 10.5 Å². The molecule has 2 atom stereocenters. The molecule has 7 nitrogen and oxygen atoms in total. The van der Waals surface area contributed by atoms with Crippen LogP contribution in [0, 0.1) is 5.92 Å². The highest BCUT2D eigenvalue weighted by Crippen LogP contribution is 2.18. The standard InChI is InChI=1S/C19H28N4O3.2ClH/c20-18(24)16-5-2-7-23(13-16)12-15-4-1-3-14(9-15)10-22-19(25)17-11-21-6-8-26-17;;/h1,3-4,9,16-17,21H,2,5-8,10-13H2,(H2,20,24)(H,22,25);2*1H. The monoisotopic (exact) mass is 432 g/mol. The van der Waals surface area contributed by atoms with Crippen LogP contribution in [-0.4, -0.2) is 55.6 Å². The zero-order chi connectivity index (χ0) is 18.4. The first-order valence-corrected chi connectivity index (χ1v) is 9.31. The van der Waals surface area contributed by atoms with Crippen molar-refractivity contribution in [2.45, 2.75) is 32.0 Å². The molecule has 0 saturated carbocycles. The third-order valence-corrected chi connectivity index (χ3v) is 4.99. The number of likely N-dealkylation sites (tertiary alicyclic amines) is 1. The summed E-state index contributed by atoms with van der Waals surface area (Å²) in [6.45, 7) is 4.90. The summed E-state index contributed by atoms with van der Waals surface area (Å²) in [5.41, 5.74) is 7.69. The molecule has 3 rings (SSSR count). The third-order valence-electron chi connectivity index (χ3n) is 4.99. The number of hydrogen-bond acceptors (Lipinski definition) is 5. The van der Waals surface area contributed by atoms with Gasteiger partial charge in [0.2, 0.25) is 5.91 Å². The van der Waals surface area contributed by atoms with Crippen LogP contribution in [0.15, 0.2) is 24.3 Å². The van der Waals surface area contributed by atoms with Gasteiger partial charge in [0, 0.05) is 32.7 Å². The summed E-state index contributed by atoms with van der Waals surface area (Å²) >= 11 is 0. The van der Waals surface area contributed by atoms with Crippen molar-refractivity contribution in [2.75, 3.05) is 32.8 Å². The van der Waals surface area contributed by atoms with Crippen molar-refractivity contribution in [2.24, 2.45) is 11.7 Å². The van der Waals surface area contributed by atoms with Gasteiger partial charge in [-0.3, -0.25) is 14.5 Å². The molecule has 0 radical (unpaired) electrons. The summed E-state index contributed by atoms with van der Waals surface area (Å²) in [5, 5.41) is 6.10. The summed E-state index contributed by atoms with van der Waals surface area (Å²) in [6.07, 6.45) is 1.47. The number of primary amides is 1. The summed E-state index contributed by atoms with van der Waals surface area (Å²) in [6, 6.07) is 8.19. The number of carbonyl (C=O) groups excluding carboxylic acids is 2. The Labute approximate surface area is 178 Å². The Kier molecular flexibility index (Phi) is 10.8. The number of nitrogens with one attached hydrogen (secondary N) is 2. The van der Waals surface area contributed by atoms with Crippen molar-refractivity contribution in [3.8, 4) is 0 Å². The second kappa shape index (κ2) is 12.2. The molecule has 9 heteroatoms. The number of hydrogen-bond donors (Lipinski definition) is 3. The fraction of sp³-hybridized carbons (Fsp3) is 0.579. The van der Waals surface area contributed by atoms with Crippen molar-refractivity contribution in [1.29, 1.82) is 0 Å². The number of rotatable bonds is 6. The second-order valence-electron chi connectivity index (χ2n) is 7.08. The molecule has 28 heavy (non-hydrogen) atoms. The van der Waals surface area contributed by atoms with Gasteiger partial charge >= 0.3 is 0 Å². The normalized spacial score (nSPS) is 22.4. The van der Waals surface area contributed by atoms with Crippen LogP contribution >= 0.6 is 24.8 Å². The Bertz CT molecular complexity index is 641. The van der Waals surface area contributed by atoms with E-state index in [1.54, 1.807) is 0 Å². The number of morpholine rings is 1. The van der Waals surface area contributed by atoms with Crippen LogP contribution in [0.4, 0.5) is 0 Å². The fourth-order valence-electron chi connectivity index (χ4n) is 3.56. The number of carbonyl (C=O) groups is 2. The Morgan fingerprint density at radius 1 is 1.29 bits per heavy atom. The van der Waals surface area contributed by atoms with Gasteiger partial charge < -0.3 is 21.1 Å². The van der Waals surface area contributed by atoms with E-state index in [2.05, 4.69) is 27.7 Å². The van der Waals surface area contributed by atoms with Crippen LogP contribution in [0.3, 0.4) is 0 Å². The largest absolute Gasteiger partial charge is 0.369 e. The average molecular weight is 433 g/mol. The summed E-state index contributed by atoms with van der Waals surface area (Å²) in [7, 11) is 0. The van der Waals surface area contributed by atoms with E-state index in [0.717, 1.165) is 44.6 Å². The Balaban J connectivity index is 0.00000196. The van der Waals surface area contributed by atoms with Crippen LogP contribution in [-0.2, 0) is 27.4 Å². The molecule has 2 aliphatic heterocycles. The number of piperidine rings is 1. The first kappa shape index (κ1) is 24.7. The molecule has 2 fully saturated rings. The first-order chi connectivity index (χ1) is 12.6. The van der Waals surface area contributed by atoms with Crippen molar-refractivity contribution in [3.63, 3.8) is 0 Å². The average Bonchev–Trinajstić information content (AvgIpc) is 2.67. The van der Waals surface area contributed by atoms with Gasteiger partial charge in [0.15, 0.2) is 0 Å². The van der Waals surface area contributed by atoms with E-state index >= 15 is 0 Å². The van der Waals surface area contributed by atoms with Gasteiger partial charge in [0.05, 0.1) is 12.5 Å². The smallest absolute Gasteiger partial charge is 0.250 e. The summed E-state index contributed by atoms with van der Waals surface area (Å²) < 4.78 is 5.46. The quantitative estimate of drug-likeness (QED) is 0.618. The van der Waals surface area contributed by atoms with Gasteiger partial charge in [-0.05, 0) is 30.5 Å². The van der Waals surface area contributed by atoms with Crippen molar-refractivity contribution < 1.29 is 14.3 Å². The van der Waals surface area contributed by atoms with E-state index in [-0.39, 0.29) is 42.5 Å². The maximum Gasteiger partial charge on any atom is 0.250 e. The number of amides is 2. The zero-order valence-corrected chi connectivity index (χ0v) is 17.5. The van der Waals surface area contributed by atoms with Crippen LogP contribution in [0.5, 0.6) is 0 Å². The van der Waals surface area contributed by atoms with Gasteiger partial charge in [-0.25, -0.2) is 0 Å². The van der Waals surface area contributed by atoms with Gasteiger partial charge in [-0.2, -0.15) is 0 Å². The number of nitrogens with zero attached hydrogens (tertiary/aromatic N) is 1. The van der Waals surface area contributed by atoms with Crippen LogP contribution in [0.1, 0.15) is 24.0 Å². The van der Waals surface area contributed by atoms with E-state index in [1.807, 2.05) is 12.1 Å². The predicted octanol–water partition coefficient (Wildman–Crippen LogP) is 0.832. The molecule has 0 bridgehead atoms. The number of ether oxygens (including phenoxy) is 1. The molecule has 2 saturated heterocycles. The van der Waals surface area contributed by atoms with Crippen LogP contribution in [0.25, 0.3) is 0 Å². The highest BCUT2D eigenvalue weighted by atomic mass is 35.5. The highest BCUT2D eigenvalue weighted by Gasteiger charge is 2.24. The van der Waals surface area contributed by atoms with Crippen LogP contribution < -0.4 is 16.4 Å². The topological polar surface area (TPSA) is 96.7 Å². The second-order valence-corrected chi connectivity index (χ2v) is 7.08. The SMILES string of the molecule is Cl.Cl.NC(=O)C1CCCN(Cc2cccc(CNC(=O)C3CNCCO3)c2)C1. The van der Waals surface area contributed by atoms with Gasteiger partial charge in [-0.15, -0.1) is 24.8 Å². The van der Waals surface area contributed by atoms with Gasteiger partial charge in [0.1, 0.15) is 6.10 Å². The molecule has 1 aromatic rings. The minimum absolute atomic E-state index is 0. The molecular weight excluding hydrogens is 403 g/mol. The molecule has 1 aromatic carbocycles. The van der Waals surface area contributed by atoms with E-state index in [0.29, 0.717) is 19.7 Å². The molecule has 4 N–H and O–H groups in total. The molecule has 2 unspecified atom stereocenters. The lowest BCUT2D eigenvalue weighted by molar-refractivity contribution is -0.134. The van der Waals surface area contributed by atoms with Crippen LogP contribution in [0.2, 0.25) is 0 Å². The molecule has 0 aromatic heterocycles. The number of benzene rings is 1. The fourth-order valence-corrected chi connectivity index (χ4v) is 3.56. The minimum Gasteiger partial charge on any atom is -0.369 e. The molecule has 2 aliphatic rings. The number of halogens is 2. The molecule has 158 valence electrons. The maximum absolute atomic E-state index is 12.1. The molecular formula is C19H30Cl2N4O3. The number of nitrogens with two attached hydrogens (primary N) is 1. The summed E-state index contributed by atoms with van der Waals surface area (Å²) in [4.78, 5) is 25.8. The van der Waals surface area contributed by atoms with Crippen molar-refractivity contribution >= 4 is 36.6 Å². The van der Waals surface area contributed by atoms with Gasteiger partial charge in [-0.1, -0.05) is 24.3 Å².